The molecule has 0 aliphatic carbocycles. The van der Waals surface area contributed by atoms with Crippen LogP contribution in [0.4, 0.5) is 0 Å². The Morgan fingerprint density at radius 1 is 1.22 bits per heavy atom. The molecule has 3 heterocycles. The highest BCUT2D eigenvalue weighted by molar-refractivity contribution is 7.86. The molecule has 0 spiro atoms. The van der Waals surface area contributed by atoms with Gasteiger partial charge in [-0.05, 0) is 6.92 Å². The van der Waals surface area contributed by atoms with Gasteiger partial charge in [0.2, 0.25) is 0 Å². The highest BCUT2D eigenvalue weighted by Crippen LogP contribution is 2.22. The zero-order chi connectivity index (χ0) is 16.4. The van der Waals surface area contributed by atoms with Crippen LogP contribution in [0.2, 0.25) is 0 Å². The van der Waals surface area contributed by atoms with Gasteiger partial charge in [0.1, 0.15) is 11.9 Å². The summed E-state index contributed by atoms with van der Waals surface area (Å²) in [5, 5.41) is 0. The Morgan fingerprint density at radius 3 is 2.61 bits per heavy atom. The zero-order valence-electron chi connectivity index (χ0n) is 12.9. The topological polar surface area (TPSA) is 105 Å². The lowest BCUT2D eigenvalue weighted by molar-refractivity contribution is -0.0111. The van der Waals surface area contributed by atoms with Gasteiger partial charge < -0.3 is 14.5 Å². The Kier molecular flexibility index (Phi) is 4.78. The van der Waals surface area contributed by atoms with E-state index in [0.29, 0.717) is 37.8 Å². The van der Waals surface area contributed by atoms with Crippen LogP contribution in [-0.2, 0) is 19.7 Å². The minimum atomic E-state index is -3.56. The van der Waals surface area contributed by atoms with E-state index in [4.69, 9.17) is 9.47 Å². The lowest BCUT2D eigenvalue weighted by Crippen LogP contribution is -2.52. The fourth-order valence-corrected chi connectivity index (χ4v) is 4.26. The van der Waals surface area contributed by atoms with Gasteiger partial charge in [0.25, 0.3) is 15.8 Å². The van der Waals surface area contributed by atoms with Crippen LogP contribution in [0, 0.1) is 6.92 Å². The van der Waals surface area contributed by atoms with Crippen molar-refractivity contribution in [3.63, 3.8) is 0 Å². The average Bonchev–Trinajstić information content (AvgIpc) is 2.55. The SMILES string of the molecule is Cc1cc(=O)[nH]c([C@@H]2CN(S(=O)(=O)N3CCOCC3)CCO2)n1. The van der Waals surface area contributed by atoms with E-state index in [2.05, 4.69) is 9.97 Å². The number of morpholine rings is 2. The summed E-state index contributed by atoms with van der Waals surface area (Å²) in [5.74, 6) is 0.358. The van der Waals surface area contributed by atoms with E-state index in [1.165, 1.54) is 14.7 Å². The molecule has 0 amide bonds. The molecule has 2 fully saturated rings. The van der Waals surface area contributed by atoms with Crippen molar-refractivity contribution in [2.45, 2.75) is 13.0 Å². The number of aromatic nitrogens is 2. The molecule has 0 bridgehead atoms. The fraction of sp³-hybridized carbons (Fsp3) is 0.692. The monoisotopic (exact) mass is 344 g/mol. The van der Waals surface area contributed by atoms with E-state index in [1.807, 2.05) is 0 Å². The van der Waals surface area contributed by atoms with E-state index >= 15 is 0 Å². The smallest absolute Gasteiger partial charge is 0.282 e. The van der Waals surface area contributed by atoms with Crippen LogP contribution in [0.5, 0.6) is 0 Å². The van der Waals surface area contributed by atoms with Crippen LogP contribution in [0.25, 0.3) is 0 Å². The molecule has 0 aromatic carbocycles. The van der Waals surface area contributed by atoms with Gasteiger partial charge in [0.05, 0.1) is 19.8 Å². The first-order valence-corrected chi connectivity index (χ1v) is 8.89. The maximum absolute atomic E-state index is 12.7. The molecular weight excluding hydrogens is 324 g/mol. The normalized spacial score (nSPS) is 24.7. The second-order valence-corrected chi connectivity index (χ2v) is 7.44. The van der Waals surface area contributed by atoms with E-state index in [9.17, 15) is 13.2 Å². The van der Waals surface area contributed by atoms with Gasteiger partial charge in [-0.3, -0.25) is 4.79 Å². The third kappa shape index (κ3) is 3.61. The number of H-pyrrole nitrogens is 1. The molecule has 0 unspecified atom stereocenters. The largest absolute Gasteiger partial charge is 0.379 e. The highest BCUT2D eigenvalue weighted by atomic mass is 32.2. The van der Waals surface area contributed by atoms with Gasteiger partial charge in [0.15, 0.2) is 0 Å². The molecule has 0 radical (unpaired) electrons. The molecule has 1 aromatic rings. The maximum Gasteiger partial charge on any atom is 0.282 e. The molecule has 1 N–H and O–H groups in total. The number of rotatable bonds is 3. The van der Waals surface area contributed by atoms with Gasteiger partial charge in [-0.15, -0.1) is 0 Å². The summed E-state index contributed by atoms with van der Waals surface area (Å²) in [6, 6.07) is 1.38. The summed E-state index contributed by atoms with van der Waals surface area (Å²) in [7, 11) is -3.56. The molecular formula is C13H20N4O5S. The molecule has 23 heavy (non-hydrogen) atoms. The van der Waals surface area contributed by atoms with Crippen LogP contribution in [0.3, 0.4) is 0 Å². The van der Waals surface area contributed by atoms with Gasteiger partial charge >= 0.3 is 0 Å². The van der Waals surface area contributed by atoms with Crippen molar-refractivity contribution >= 4 is 10.2 Å². The minimum absolute atomic E-state index is 0.131. The Balaban J connectivity index is 1.78. The first-order chi connectivity index (χ1) is 11.0. The van der Waals surface area contributed by atoms with Crippen molar-refractivity contribution in [1.82, 2.24) is 18.6 Å². The van der Waals surface area contributed by atoms with Crippen molar-refractivity contribution in [3.8, 4) is 0 Å². The van der Waals surface area contributed by atoms with Gasteiger partial charge in [-0.25, -0.2) is 4.98 Å². The quantitative estimate of drug-likeness (QED) is 0.756. The molecule has 1 aromatic heterocycles. The van der Waals surface area contributed by atoms with E-state index in [-0.39, 0.29) is 25.3 Å². The predicted octanol–water partition coefficient (Wildman–Crippen LogP) is -0.971. The van der Waals surface area contributed by atoms with E-state index in [1.54, 1.807) is 6.92 Å². The van der Waals surface area contributed by atoms with Gasteiger partial charge in [-0.1, -0.05) is 0 Å². The first kappa shape index (κ1) is 16.5. The van der Waals surface area contributed by atoms with E-state index in [0.717, 1.165) is 0 Å². The number of hydrogen-bond donors (Lipinski definition) is 1. The number of nitrogens with zero attached hydrogens (tertiary/aromatic N) is 3. The second-order valence-electron chi connectivity index (χ2n) is 5.51. The second kappa shape index (κ2) is 6.65. The molecule has 9 nitrogen and oxygen atoms in total. The lowest BCUT2D eigenvalue weighted by atomic mass is 10.3. The van der Waals surface area contributed by atoms with Crippen molar-refractivity contribution in [3.05, 3.63) is 27.9 Å². The van der Waals surface area contributed by atoms with Crippen LogP contribution in [0.1, 0.15) is 17.6 Å². The van der Waals surface area contributed by atoms with Crippen LogP contribution < -0.4 is 5.56 Å². The number of aryl methyl sites for hydroxylation is 1. The summed E-state index contributed by atoms with van der Waals surface area (Å²) in [4.78, 5) is 18.4. The zero-order valence-corrected chi connectivity index (χ0v) is 13.7. The summed E-state index contributed by atoms with van der Waals surface area (Å²) in [5.41, 5.74) is 0.296. The van der Waals surface area contributed by atoms with Crippen molar-refractivity contribution in [2.75, 3.05) is 46.0 Å². The maximum atomic E-state index is 12.7. The summed E-state index contributed by atoms with van der Waals surface area (Å²) in [6.07, 6.45) is -0.577. The third-order valence-electron chi connectivity index (χ3n) is 3.84. The Labute approximate surface area is 134 Å². The van der Waals surface area contributed by atoms with Gasteiger partial charge in [-0.2, -0.15) is 17.0 Å². The summed E-state index contributed by atoms with van der Waals surface area (Å²) >= 11 is 0. The third-order valence-corrected chi connectivity index (χ3v) is 5.85. The number of nitrogens with one attached hydrogen (secondary N) is 1. The molecule has 3 rings (SSSR count). The predicted molar refractivity (Wildman–Crippen MR) is 81.2 cm³/mol. The fourth-order valence-electron chi connectivity index (χ4n) is 2.70. The van der Waals surface area contributed by atoms with Crippen LogP contribution >= 0.6 is 0 Å². The molecule has 2 aliphatic rings. The Morgan fingerprint density at radius 2 is 1.91 bits per heavy atom. The molecule has 0 saturated carbocycles. The highest BCUT2D eigenvalue weighted by Gasteiger charge is 2.36. The Bertz CT molecular complexity index is 713. The summed E-state index contributed by atoms with van der Waals surface area (Å²) in [6.45, 7) is 3.89. The number of hydrogen-bond acceptors (Lipinski definition) is 6. The van der Waals surface area contributed by atoms with Crippen molar-refractivity contribution < 1.29 is 17.9 Å². The van der Waals surface area contributed by atoms with E-state index < -0.39 is 16.3 Å². The molecule has 1 atom stereocenters. The van der Waals surface area contributed by atoms with Crippen LogP contribution in [0.15, 0.2) is 10.9 Å². The molecule has 10 heteroatoms. The number of ether oxygens (including phenoxy) is 2. The summed E-state index contributed by atoms with van der Waals surface area (Å²) < 4.78 is 39.0. The van der Waals surface area contributed by atoms with Gasteiger partial charge in [0, 0.05) is 37.9 Å². The number of aromatic amines is 1. The standard InChI is InChI=1S/C13H20N4O5S/c1-10-8-12(18)15-13(14-10)11-9-17(4-7-22-11)23(19,20)16-2-5-21-6-3-16/h8,11H,2-7,9H2,1H3,(H,14,15,18)/t11-/m0/s1. The van der Waals surface area contributed by atoms with Crippen molar-refractivity contribution in [2.24, 2.45) is 0 Å². The minimum Gasteiger partial charge on any atom is -0.379 e. The lowest BCUT2D eigenvalue weighted by Gasteiger charge is -2.36. The van der Waals surface area contributed by atoms with Crippen molar-refractivity contribution in [1.29, 1.82) is 0 Å². The molecule has 128 valence electrons. The van der Waals surface area contributed by atoms with Crippen LogP contribution in [-0.4, -0.2) is 73.0 Å². The Hall–Kier alpha value is -1.33. The molecule has 2 aliphatic heterocycles. The molecule has 2 saturated heterocycles. The average molecular weight is 344 g/mol. The first-order valence-electron chi connectivity index (χ1n) is 7.49.